The zero-order valence-corrected chi connectivity index (χ0v) is 19.4. The van der Waals surface area contributed by atoms with Gasteiger partial charge in [-0.2, -0.15) is 0 Å². The van der Waals surface area contributed by atoms with Crippen LogP contribution < -0.4 is 9.62 Å². The lowest BCUT2D eigenvalue weighted by molar-refractivity contribution is 0.592. The van der Waals surface area contributed by atoms with Gasteiger partial charge in [-0.25, -0.2) is 18.4 Å². The highest BCUT2D eigenvalue weighted by molar-refractivity contribution is 7.93. The zero-order chi connectivity index (χ0) is 22.1. The molecule has 4 aromatic rings. The maximum absolute atomic E-state index is 13.7. The number of aromatic nitrogens is 2. The molecule has 0 saturated carbocycles. The van der Waals surface area contributed by atoms with Crippen molar-refractivity contribution in [3.63, 3.8) is 0 Å². The Hall–Kier alpha value is -2.97. The van der Waals surface area contributed by atoms with E-state index in [2.05, 4.69) is 15.3 Å². The van der Waals surface area contributed by atoms with Crippen LogP contribution in [-0.4, -0.2) is 24.9 Å². The van der Waals surface area contributed by atoms with Gasteiger partial charge in [0.15, 0.2) is 0 Å². The van der Waals surface area contributed by atoms with Gasteiger partial charge in [-0.05, 0) is 62.4 Å². The van der Waals surface area contributed by atoms with Crippen molar-refractivity contribution in [2.24, 2.45) is 0 Å². The van der Waals surface area contributed by atoms with Crippen LogP contribution >= 0.6 is 11.3 Å². The van der Waals surface area contributed by atoms with Gasteiger partial charge in [0.1, 0.15) is 21.9 Å². The summed E-state index contributed by atoms with van der Waals surface area (Å²) >= 11 is 1.72. The van der Waals surface area contributed by atoms with Crippen molar-refractivity contribution < 1.29 is 8.42 Å². The van der Waals surface area contributed by atoms with Crippen molar-refractivity contribution in [2.75, 3.05) is 16.2 Å². The molecule has 2 aromatic heterocycles. The number of sulfonamides is 1. The summed E-state index contributed by atoms with van der Waals surface area (Å²) in [6.07, 6.45) is 5.98. The van der Waals surface area contributed by atoms with Gasteiger partial charge in [-0.3, -0.25) is 4.31 Å². The Kier molecular flexibility index (Phi) is 5.57. The van der Waals surface area contributed by atoms with E-state index in [1.807, 2.05) is 43.3 Å². The molecule has 8 heteroatoms. The normalized spacial score (nSPS) is 13.7. The molecule has 0 aliphatic heterocycles. The number of fused-ring (bicyclic) bond motifs is 3. The number of rotatable bonds is 6. The highest BCUT2D eigenvalue weighted by Gasteiger charge is 2.27. The minimum absolute atomic E-state index is 0.224. The minimum Gasteiger partial charge on any atom is -0.338 e. The molecule has 5 rings (SSSR count). The molecule has 0 radical (unpaired) electrons. The summed E-state index contributed by atoms with van der Waals surface area (Å²) in [4.78, 5) is 11.5. The first-order valence-electron chi connectivity index (χ1n) is 10.8. The standard InChI is InChI=1S/C24H24N4O2S2/c1-2-28(17-10-4-3-5-11-17)32(29,30)21-15-9-7-13-19(21)27-23-22-18-12-6-8-14-20(18)31-24(22)26-16-25-23/h3-5,7,9-11,13,15-16H,2,6,8,12,14H2,1H3,(H,25,26,27). The van der Waals surface area contributed by atoms with Crippen LogP contribution in [0, 0.1) is 0 Å². The second kappa shape index (κ2) is 8.52. The number of nitrogens with zero attached hydrogens (tertiary/aromatic N) is 3. The smallest absolute Gasteiger partial charge is 0.266 e. The summed E-state index contributed by atoms with van der Waals surface area (Å²) in [5.41, 5.74) is 2.46. The molecular weight excluding hydrogens is 440 g/mol. The van der Waals surface area contributed by atoms with E-state index in [0.29, 0.717) is 23.7 Å². The average molecular weight is 465 g/mol. The van der Waals surface area contributed by atoms with Crippen LogP contribution in [0.4, 0.5) is 17.2 Å². The number of hydrogen-bond acceptors (Lipinski definition) is 6. The monoisotopic (exact) mass is 464 g/mol. The Labute approximate surface area is 192 Å². The van der Waals surface area contributed by atoms with E-state index >= 15 is 0 Å². The first kappa shape index (κ1) is 20.9. The molecule has 0 atom stereocenters. The number of benzene rings is 2. The summed E-state index contributed by atoms with van der Waals surface area (Å²) in [5, 5.41) is 4.36. The topological polar surface area (TPSA) is 75.2 Å². The molecule has 0 amide bonds. The molecule has 164 valence electrons. The third kappa shape index (κ3) is 3.63. The molecule has 1 aliphatic rings. The number of hydrogen-bond donors (Lipinski definition) is 1. The fourth-order valence-electron chi connectivity index (χ4n) is 4.31. The summed E-state index contributed by atoms with van der Waals surface area (Å²) in [5.74, 6) is 0.666. The largest absolute Gasteiger partial charge is 0.338 e. The van der Waals surface area contributed by atoms with E-state index in [4.69, 9.17) is 0 Å². The van der Waals surface area contributed by atoms with Gasteiger partial charge < -0.3 is 5.32 Å². The van der Waals surface area contributed by atoms with Crippen molar-refractivity contribution in [3.05, 3.63) is 71.4 Å². The van der Waals surface area contributed by atoms with Crippen molar-refractivity contribution in [3.8, 4) is 0 Å². The molecule has 2 aromatic carbocycles. The zero-order valence-electron chi connectivity index (χ0n) is 17.8. The lowest BCUT2D eigenvalue weighted by Crippen LogP contribution is -2.31. The first-order chi connectivity index (χ1) is 15.6. The van der Waals surface area contributed by atoms with Crippen molar-refractivity contribution in [2.45, 2.75) is 37.5 Å². The van der Waals surface area contributed by atoms with Gasteiger partial charge in [0, 0.05) is 11.4 Å². The Morgan fingerprint density at radius 3 is 2.56 bits per heavy atom. The Morgan fingerprint density at radius 1 is 1.00 bits per heavy atom. The van der Waals surface area contributed by atoms with Crippen molar-refractivity contribution in [1.29, 1.82) is 0 Å². The van der Waals surface area contributed by atoms with E-state index in [0.717, 1.165) is 29.5 Å². The Bertz CT molecular complexity index is 1370. The average Bonchev–Trinajstić information content (AvgIpc) is 3.20. The van der Waals surface area contributed by atoms with Crippen molar-refractivity contribution >= 4 is 48.8 Å². The second-order valence-electron chi connectivity index (χ2n) is 7.74. The SMILES string of the molecule is CCN(c1ccccc1)S(=O)(=O)c1ccccc1Nc1ncnc2sc3c(c12)CCCC3. The van der Waals surface area contributed by atoms with Crippen molar-refractivity contribution in [1.82, 2.24) is 9.97 Å². The minimum atomic E-state index is -3.78. The second-order valence-corrected chi connectivity index (χ2v) is 10.7. The van der Waals surface area contributed by atoms with Crippen LogP contribution in [0.1, 0.15) is 30.2 Å². The number of anilines is 3. The maximum atomic E-state index is 13.7. The molecule has 0 fully saturated rings. The molecule has 1 N–H and O–H groups in total. The first-order valence-corrected chi connectivity index (χ1v) is 13.0. The Morgan fingerprint density at radius 2 is 1.75 bits per heavy atom. The highest BCUT2D eigenvalue weighted by atomic mass is 32.2. The summed E-state index contributed by atoms with van der Waals surface area (Å²) in [6.45, 7) is 2.17. The van der Waals surface area contributed by atoms with E-state index in [1.54, 1.807) is 35.9 Å². The predicted octanol–water partition coefficient (Wildman–Crippen LogP) is 5.53. The van der Waals surface area contributed by atoms with E-state index in [1.165, 1.54) is 21.2 Å². The van der Waals surface area contributed by atoms with Gasteiger partial charge in [0.05, 0.1) is 16.8 Å². The molecule has 2 heterocycles. The van der Waals surface area contributed by atoms with Crippen LogP contribution in [0.3, 0.4) is 0 Å². The van der Waals surface area contributed by atoms with E-state index in [-0.39, 0.29) is 4.90 Å². The molecular formula is C24H24N4O2S2. The van der Waals surface area contributed by atoms with Crippen LogP contribution in [0.25, 0.3) is 10.2 Å². The molecule has 0 saturated heterocycles. The van der Waals surface area contributed by atoms with Gasteiger partial charge >= 0.3 is 0 Å². The molecule has 0 bridgehead atoms. The van der Waals surface area contributed by atoms with Gasteiger partial charge in [0.25, 0.3) is 10.0 Å². The summed E-state index contributed by atoms with van der Waals surface area (Å²) in [7, 11) is -3.78. The van der Waals surface area contributed by atoms with Crippen LogP contribution in [0.2, 0.25) is 0 Å². The predicted molar refractivity (Wildman–Crippen MR) is 130 cm³/mol. The molecule has 0 unspecified atom stereocenters. The number of nitrogens with one attached hydrogen (secondary N) is 1. The van der Waals surface area contributed by atoms with Crippen LogP contribution in [0.5, 0.6) is 0 Å². The van der Waals surface area contributed by atoms with Crippen LogP contribution in [0.15, 0.2) is 65.8 Å². The third-order valence-electron chi connectivity index (χ3n) is 5.79. The Balaban J connectivity index is 1.59. The highest BCUT2D eigenvalue weighted by Crippen LogP contribution is 2.39. The summed E-state index contributed by atoms with van der Waals surface area (Å²) in [6, 6.07) is 16.2. The van der Waals surface area contributed by atoms with E-state index < -0.39 is 10.0 Å². The molecule has 32 heavy (non-hydrogen) atoms. The lowest BCUT2D eigenvalue weighted by atomic mass is 9.97. The van der Waals surface area contributed by atoms with Gasteiger partial charge in [0.2, 0.25) is 0 Å². The van der Waals surface area contributed by atoms with Crippen LogP contribution in [-0.2, 0) is 22.9 Å². The fraction of sp³-hybridized carbons (Fsp3) is 0.250. The van der Waals surface area contributed by atoms with Gasteiger partial charge in [-0.1, -0.05) is 30.3 Å². The summed E-state index contributed by atoms with van der Waals surface area (Å²) < 4.78 is 28.8. The number of aryl methyl sites for hydroxylation is 2. The molecule has 6 nitrogen and oxygen atoms in total. The quantitative estimate of drug-likeness (QED) is 0.406. The lowest BCUT2D eigenvalue weighted by Gasteiger charge is -2.24. The molecule has 1 aliphatic carbocycles. The van der Waals surface area contributed by atoms with Gasteiger partial charge in [-0.15, -0.1) is 11.3 Å². The van der Waals surface area contributed by atoms with E-state index in [9.17, 15) is 8.42 Å². The number of para-hydroxylation sites is 2. The number of thiophene rings is 1. The fourth-order valence-corrected chi connectivity index (χ4v) is 7.16. The third-order valence-corrected chi connectivity index (χ3v) is 8.95. The molecule has 0 spiro atoms. The maximum Gasteiger partial charge on any atom is 0.266 e.